The van der Waals surface area contributed by atoms with Crippen LogP contribution in [0.25, 0.3) is 22.0 Å². The minimum absolute atomic E-state index is 0.00808. The second-order valence-corrected chi connectivity index (χ2v) is 8.15. The number of nitrogens with zero attached hydrogens (tertiary/aromatic N) is 3. The molecule has 144 valence electrons. The Bertz CT molecular complexity index is 1150. The Hall–Kier alpha value is -3.22. The summed E-state index contributed by atoms with van der Waals surface area (Å²) < 4.78 is 5.54. The van der Waals surface area contributed by atoms with Crippen LogP contribution in [0.3, 0.4) is 0 Å². The molecule has 3 heterocycles. The number of nitrogens with one attached hydrogen (secondary N) is 2. The van der Waals surface area contributed by atoms with Gasteiger partial charge in [-0.1, -0.05) is 32.9 Å². The number of anilines is 2. The number of aromatic amines is 1. The molecule has 0 aliphatic heterocycles. The molecule has 7 nitrogen and oxygen atoms in total. The van der Waals surface area contributed by atoms with Crippen LogP contribution in [0.4, 0.5) is 11.5 Å². The third-order valence-electron chi connectivity index (χ3n) is 4.88. The van der Waals surface area contributed by atoms with Gasteiger partial charge in [0.2, 0.25) is 0 Å². The number of benzene rings is 1. The third kappa shape index (κ3) is 3.35. The Morgan fingerprint density at radius 1 is 1.29 bits per heavy atom. The lowest BCUT2D eigenvalue weighted by Crippen LogP contribution is -2.21. The summed E-state index contributed by atoms with van der Waals surface area (Å²) in [6, 6.07) is 9.58. The molecular formula is C21H23N5O2. The Morgan fingerprint density at radius 2 is 2.11 bits per heavy atom. The zero-order valence-electron chi connectivity index (χ0n) is 16.4. The van der Waals surface area contributed by atoms with E-state index in [1.54, 1.807) is 6.20 Å². The summed E-state index contributed by atoms with van der Waals surface area (Å²) in [5, 5.41) is 15.6. The molecule has 0 aliphatic rings. The molecule has 0 saturated heterocycles. The average Bonchev–Trinajstić information content (AvgIpc) is 3.25. The molecule has 0 spiro atoms. The second-order valence-electron chi connectivity index (χ2n) is 8.15. The van der Waals surface area contributed by atoms with E-state index in [1.165, 1.54) is 0 Å². The number of pyridine rings is 1. The standard InChI is InChI=1S/C21H23N5O2/c1-12(10-17(27)21(2,3)4)18-14-8-7-13(11-16(14)28-26-18)23-20-19-15(24-25-20)6-5-9-22-19/h5-9,11-12H,10H2,1-4H3,(H2,23,24,25). The minimum Gasteiger partial charge on any atom is -0.356 e. The van der Waals surface area contributed by atoms with Crippen molar-refractivity contribution in [1.29, 1.82) is 0 Å². The number of carbonyl (C=O) groups is 1. The van der Waals surface area contributed by atoms with Crippen molar-refractivity contribution < 1.29 is 9.32 Å². The predicted molar refractivity (Wildman–Crippen MR) is 109 cm³/mol. The van der Waals surface area contributed by atoms with Crippen LogP contribution in [0.2, 0.25) is 0 Å². The van der Waals surface area contributed by atoms with Gasteiger partial charge in [0.05, 0.1) is 11.2 Å². The molecule has 4 aromatic rings. The van der Waals surface area contributed by atoms with Gasteiger partial charge in [-0.25, -0.2) is 0 Å². The molecule has 0 aliphatic carbocycles. The number of ketones is 1. The molecule has 7 heteroatoms. The van der Waals surface area contributed by atoms with E-state index in [0.717, 1.165) is 27.8 Å². The Labute approximate surface area is 162 Å². The lowest BCUT2D eigenvalue weighted by molar-refractivity contribution is -0.126. The number of H-pyrrole nitrogens is 1. The minimum atomic E-state index is -0.356. The molecule has 0 saturated carbocycles. The van der Waals surface area contributed by atoms with Crippen LogP contribution in [-0.2, 0) is 4.79 Å². The van der Waals surface area contributed by atoms with Crippen LogP contribution >= 0.6 is 0 Å². The van der Waals surface area contributed by atoms with E-state index >= 15 is 0 Å². The van der Waals surface area contributed by atoms with Crippen molar-refractivity contribution in [3.05, 3.63) is 42.2 Å². The quantitative estimate of drug-likeness (QED) is 0.511. The van der Waals surface area contributed by atoms with Crippen LogP contribution < -0.4 is 5.32 Å². The number of Topliss-reactive ketones (excluding diaryl/α,β-unsaturated/α-hetero) is 1. The van der Waals surface area contributed by atoms with Gasteiger partial charge in [-0.2, -0.15) is 5.10 Å². The summed E-state index contributed by atoms with van der Waals surface area (Å²) in [5.74, 6) is 0.859. The van der Waals surface area contributed by atoms with E-state index in [0.29, 0.717) is 17.8 Å². The highest BCUT2D eigenvalue weighted by Gasteiger charge is 2.26. The van der Waals surface area contributed by atoms with Gasteiger partial charge in [0.1, 0.15) is 11.3 Å². The van der Waals surface area contributed by atoms with Gasteiger partial charge in [0, 0.05) is 41.1 Å². The third-order valence-corrected chi connectivity index (χ3v) is 4.88. The van der Waals surface area contributed by atoms with Crippen molar-refractivity contribution in [1.82, 2.24) is 20.3 Å². The monoisotopic (exact) mass is 377 g/mol. The molecule has 1 unspecified atom stereocenters. The summed E-state index contributed by atoms with van der Waals surface area (Å²) in [5.41, 5.74) is 3.59. The van der Waals surface area contributed by atoms with Crippen LogP contribution in [0, 0.1) is 5.41 Å². The van der Waals surface area contributed by atoms with Crippen molar-refractivity contribution in [2.75, 3.05) is 5.32 Å². The number of rotatable bonds is 5. The summed E-state index contributed by atoms with van der Waals surface area (Å²) in [4.78, 5) is 16.7. The lowest BCUT2D eigenvalue weighted by atomic mass is 9.84. The molecule has 0 fully saturated rings. The number of carbonyl (C=O) groups excluding carboxylic acids is 1. The SMILES string of the molecule is CC(CC(=O)C(C)(C)C)c1noc2cc(Nc3n[nH]c4cccnc34)ccc12. The van der Waals surface area contributed by atoms with E-state index in [4.69, 9.17) is 4.52 Å². The van der Waals surface area contributed by atoms with Gasteiger partial charge >= 0.3 is 0 Å². The van der Waals surface area contributed by atoms with Crippen LogP contribution in [0.1, 0.15) is 45.7 Å². The van der Waals surface area contributed by atoms with Crippen LogP contribution in [0.5, 0.6) is 0 Å². The summed E-state index contributed by atoms with van der Waals surface area (Å²) in [6.07, 6.45) is 2.17. The molecule has 28 heavy (non-hydrogen) atoms. The zero-order chi connectivity index (χ0) is 19.9. The van der Waals surface area contributed by atoms with Gasteiger partial charge in [0.25, 0.3) is 0 Å². The summed E-state index contributed by atoms with van der Waals surface area (Å²) >= 11 is 0. The highest BCUT2D eigenvalue weighted by Crippen LogP contribution is 2.32. The number of hydrogen-bond donors (Lipinski definition) is 2. The topological polar surface area (TPSA) is 96.7 Å². The first kappa shape index (κ1) is 18.2. The number of hydrogen-bond acceptors (Lipinski definition) is 6. The maximum Gasteiger partial charge on any atom is 0.178 e. The first-order valence-corrected chi connectivity index (χ1v) is 9.31. The summed E-state index contributed by atoms with van der Waals surface area (Å²) in [6.45, 7) is 7.83. The van der Waals surface area contributed by atoms with E-state index in [2.05, 4.69) is 25.7 Å². The number of aromatic nitrogens is 4. The van der Waals surface area contributed by atoms with Gasteiger partial charge in [-0.05, 0) is 24.3 Å². The fourth-order valence-electron chi connectivity index (χ4n) is 3.15. The Kier molecular flexibility index (Phi) is 4.37. The molecule has 0 radical (unpaired) electrons. The molecule has 4 rings (SSSR count). The van der Waals surface area contributed by atoms with Crippen molar-refractivity contribution in [2.24, 2.45) is 5.41 Å². The van der Waals surface area contributed by atoms with Crippen molar-refractivity contribution >= 4 is 39.3 Å². The first-order chi connectivity index (χ1) is 13.3. The fraction of sp³-hybridized carbons (Fsp3) is 0.333. The highest BCUT2D eigenvalue weighted by molar-refractivity contribution is 5.90. The molecule has 1 atom stereocenters. The first-order valence-electron chi connectivity index (χ1n) is 9.31. The van der Waals surface area contributed by atoms with Crippen molar-refractivity contribution in [3.63, 3.8) is 0 Å². The van der Waals surface area contributed by atoms with Gasteiger partial charge in [-0.15, -0.1) is 0 Å². The fourth-order valence-corrected chi connectivity index (χ4v) is 3.15. The smallest absolute Gasteiger partial charge is 0.178 e. The highest BCUT2D eigenvalue weighted by atomic mass is 16.5. The maximum absolute atomic E-state index is 12.4. The normalized spacial score (nSPS) is 13.1. The van der Waals surface area contributed by atoms with E-state index in [-0.39, 0.29) is 17.1 Å². The average molecular weight is 377 g/mol. The van der Waals surface area contributed by atoms with E-state index in [9.17, 15) is 4.79 Å². The molecule has 2 N–H and O–H groups in total. The maximum atomic E-state index is 12.4. The van der Waals surface area contributed by atoms with Crippen molar-refractivity contribution in [2.45, 2.75) is 40.0 Å². The van der Waals surface area contributed by atoms with Gasteiger partial charge in [0.15, 0.2) is 11.4 Å². The van der Waals surface area contributed by atoms with Crippen LogP contribution in [-0.4, -0.2) is 26.1 Å². The molecule has 3 aromatic heterocycles. The Balaban J connectivity index is 1.58. The predicted octanol–water partition coefficient (Wildman–Crippen LogP) is 4.95. The number of fused-ring (bicyclic) bond motifs is 2. The van der Waals surface area contributed by atoms with E-state index < -0.39 is 0 Å². The molecule has 0 amide bonds. The van der Waals surface area contributed by atoms with Gasteiger partial charge in [-0.3, -0.25) is 14.9 Å². The summed E-state index contributed by atoms with van der Waals surface area (Å²) in [7, 11) is 0. The second kappa shape index (κ2) is 6.74. The van der Waals surface area contributed by atoms with Gasteiger partial charge < -0.3 is 9.84 Å². The van der Waals surface area contributed by atoms with Crippen LogP contribution in [0.15, 0.2) is 41.1 Å². The lowest BCUT2D eigenvalue weighted by Gasteiger charge is -2.18. The largest absolute Gasteiger partial charge is 0.356 e. The van der Waals surface area contributed by atoms with E-state index in [1.807, 2.05) is 58.0 Å². The zero-order valence-corrected chi connectivity index (χ0v) is 16.4. The molecule has 0 bridgehead atoms. The Morgan fingerprint density at radius 3 is 2.89 bits per heavy atom. The molecule has 1 aromatic carbocycles. The molecular weight excluding hydrogens is 354 g/mol. The van der Waals surface area contributed by atoms with Crippen molar-refractivity contribution in [3.8, 4) is 0 Å².